The number of anilines is 1. The molecule has 1 amide bonds. The van der Waals surface area contributed by atoms with Gasteiger partial charge in [0.15, 0.2) is 5.82 Å². The van der Waals surface area contributed by atoms with Gasteiger partial charge in [0.2, 0.25) is 5.91 Å². The van der Waals surface area contributed by atoms with Crippen molar-refractivity contribution in [1.29, 1.82) is 0 Å². The first kappa shape index (κ1) is 23.2. The van der Waals surface area contributed by atoms with E-state index >= 15 is 0 Å². The van der Waals surface area contributed by atoms with Crippen molar-refractivity contribution in [3.8, 4) is 17.0 Å². The summed E-state index contributed by atoms with van der Waals surface area (Å²) in [5.74, 6) is 1.65. The normalized spacial score (nSPS) is 15.8. The molecule has 35 heavy (non-hydrogen) atoms. The topological polar surface area (TPSA) is 71.8 Å². The number of carbonyl (C=O) groups is 1. The van der Waals surface area contributed by atoms with Gasteiger partial charge in [-0.25, -0.2) is 9.50 Å². The van der Waals surface area contributed by atoms with Crippen molar-refractivity contribution >= 4 is 28.8 Å². The van der Waals surface area contributed by atoms with Crippen molar-refractivity contribution < 1.29 is 9.53 Å². The van der Waals surface area contributed by atoms with E-state index < -0.39 is 0 Å². The number of halogens is 1. The lowest BCUT2D eigenvalue weighted by atomic mass is 9.97. The highest BCUT2D eigenvalue weighted by molar-refractivity contribution is 6.33. The number of fused-ring (bicyclic) bond motifs is 1. The lowest BCUT2D eigenvalue weighted by Crippen LogP contribution is -2.43. The van der Waals surface area contributed by atoms with Crippen molar-refractivity contribution in [2.24, 2.45) is 5.92 Å². The van der Waals surface area contributed by atoms with Gasteiger partial charge in [-0.2, -0.15) is 5.10 Å². The van der Waals surface area contributed by atoms with Crippen molar-refractivity contribution in [3.63, 3.8) is 0 Å². The van der Waals surface area contributed by atoms with E-state index in [2.05, 4.69) is 15.2 Å². The van der Waals surface area contributed by atoms with Crippen LogP contribution in [0.4, 0.5) is 5.82 Å². The number of benzene rings is 2. The minimum Gasteiger partial charge on any atom is -0.494 e. The SMILES string of the molecule is CCOc1ccc(CNC(=O)[C@@H]2CCCN(c3nccn4nc(-c5ccccc5Cl)cc34)C2)cc1. The smallest absolute Gasteiger partial charge is 0.225 e. The van der Waals surface area contributed by atoms with Gasteiger partial charge in [-0.05, 0) is 49.6 Å². The Morgan fingerprint density at radius 2 is 2.03 bits per heavy atom. The maximum Gasteiger partial charge on any atom is 0.225 e. The van der Waals surface area contributed by atoms with Gasteiger partial charge < -0.3 is 15.0 Å². The van der Waals surface area contributed by atoms with Gasteiger partial charge in [-0.15, -0.1) is 0 Å². The molecule has 1 saturated heterocycles. The fourth-order valence-corrected chi connectivity index (χ4v) is 4.77. The summed E-state index contributed by atoms with van der Waals surface area (Å²) in [4.78, 5) is 19.8. The number of hydrogen-bond acceptors (Lipinski definition) is 5. The van der Waals surface area contributed by atoms with Gasteiger partial charge in [0.1, 0.15) is 11.3 Å². The third-order valence-corrected chi connectivity index (χ3v) is 6.64. The molecule has 180 valence electrons. The zero-order valence-electron chi connectivity index (χ0n) is 19.7. The molecule has 0 saturated carbocycles. The predicted molar refractivity (Wildman–Crippen MR) is 138 cm³/mol. The van der Waals surface area contributed by atoms with Gasteiger partial charge in [-0.1, -0.05) is 41.9 Å². The van der Waals surface area contributed by atoms with Crippen molar-refractivity contribution in [1.82, 2.24) is 19.9 Å². The number of piperidine rings is 1. The van der Waals surface area contributed by atoms with E-state index in [1.807, 2.05) is 72.2 Å². The average molecular weight is 490 g/mol. The highest BCUT2D eigenvalue weighted by atomic mass is 35.5. The molecule has 0 radical (unpaired) electrons. The maximum absolute atomic E-state index is 13.0. The summed E-state index contributed by atoms with van der Waals surface area (Å²) < 4.78 is 7.32. The standard InChI is InChI=1S/C27H28ClN5O2/c1-2-35-21-11-9-19(10-12-21)17-30-27(34)20-6-5-14-32(18-20)26-25-16-24(31-33(25)15-13-29-26)22-7-3-4-8-23(22)28/h3-4,7-13,15-16,20H,2,5-6,14,17-18H2,1H3,(H,30,34)/t20-/m1/s1. The number of nitrogens with one attached hydrogen (secondary N) is 1. The van der Waals surface area contributed by atoms with Crippen LogP contribution in [0.25, 0.3) is 16.8 Å². The van der Waals surface area contributed by atoms with E-state index in [9.17, 15) is 4.79 Å². The molecule has 1 aliphatic rings. The second-order valence-corrected chi connectivity index (χ2v) is 9.08. The minimum atomic E-state index is -0.0977. The predicted octanol–water partition coefficient (Wildman–Crippen LogP) is 4.98. The van der Waals surface area contributed by atoms with Crippen LogP contribution in [0.3, 0.4) is 0 Å². The molecule has 4 aromatic rings. The highest BCUT2D eigenvalue weighted by Gasteiger charge is 2.28. The third kappa shape index (κ3) is 5.10. The molecule has 1 atom stereocenters. The summed E-state index contributed by atoms with van der Waals surface area (Å²) in [5, 5.41) is 8.47. The molecule has 0 bridgehead atoms. The van der Waals surface area contributed by atoms with Crippen LogP contribution in [-0.2, 0) is 11.3 Å². The van der Waals surface area contributed by atoms with Crippen LogP contribution in [0.15, 0.2) is 67.0 Å². The van der Waals surface area contributed by atoms with E-state index in [0.717, 1.165) is 53.3 Å². The van der Waals surface area contributed by atoms with Crippen LogP contribution in [0.5, 0.6) is 5.75 Å². The summed E-state index contributed by atoms with van der Waals surface area (Å²) in [7, 11) is 0. The summed E-state index contributed by atoms with van der Waals surface area (Å²) in [6.45, 7) is 4.57. The number of ether oxygens (including phenoxy) is 1. The van der Waals surface area contributed by atoms with E-state index in [0.29, 0.717) is 24.7 Å². The number of rotatable bonds is 7. The molecule has 1 aliphatic heterocycles. The van der Waals surface area contributed by atoms with Crippen molar-refractivity contribution in [2.75, 3.05) is 24.6 Å². The Bertz CT molecular complexity index is 1320. The number of nitrogens with zero attached hydrogens (tertiary/aromatic N) is 4. The first-order chi connectivity index (χ1) is 17.1. The number of hydrogen-bond donors (Lipinski definition) is 1. The van der Waals surface area contributed by atoms with E-state index in [1.165, 1.54) is 0 Å². The minimum absolute atomic E-state index is 0.0702. The first-order valence-corrected chi connectivity index (χ1v) is 12.3. The van der Waals surface area contributed by atoms with Crippen LogP contribution in [-0.4, -0.2) is 40.2 Å². The summed E-state index contributed by atoms with van der Waals surface area (Å²) in [6, 6.07) is 17.5. The fraction of sp³-hybridized carbons (Fsp3) is 0.296. The van der Waals surface area contributed by atoms with Crippen LogP contribution in [0.1, 0.15) is 25.3 Å². The fourth-order valence-electron chi connectivity index (χ4n) is 4.54. The van der Waals surface area contributed by atoms with Gasteiger partial charge in [0.25, 0.3) is 0 Å². The molecule has 2 aromatic carbocycles. The summed E-state index contributed by atoms with van der Waals surface area (Å²) in [6.07, 6.45) is 5.37. The van der Waals surface area contributed by atoms with E-state index in [-0.39, 0.29) is 11.8 Å². The molecule has 0 spiro atoms. The third-order valence-electron chi connectivity index (χ3n) is 6.31. The van der Waals surface area contributed by atoms with E-state index in [4.69, 9.17) is 21.4 Å². The molecule has 7 nitrogen and oxygen atoms in total. The Kier molecular flexibility index (Phi) is 6.86. The van der Waals surface area contributed by atoms with Crippen LogP contribution in [0.2, 0.25) is 5.02 Å². The lowest BCUT2D eigenvalue weighted by Gasteiger charge is -2.33. The Morgan fingerprint density at radius 3 is 2.83 bits per heavy atom. The molecule has 2 aromatic heterocycles. The second-order valence-electron chi connectivity index (χ2n) is 8.67. The number of amides is 1. The van der Waals surface area contributed by atoms with Crippen LogP contribution in [0, 0.1) is 5.92 Å². The van der Waals surface area contributed by atoms with Crippen LogP contribution < -0.4 is 15.0 Å². The molecular weight excluding hydrogens is 462 g/mol. The molecule has 5 rings (SSSR count). The second kappa shape index (κ2) is 10.4. The maximum atomic E-state index is 13.0. The Labute approximate surface area is 209 Å². The monoisotopic (exact) mass is 489 g/mol. The zero-order valence-corrected chi connectivity index (χ0v) is 20.4. The molecule has 1 N–H and O–H groups in total. The summed E-state index contributed by atoms with van der Waals surface area (Å²) >= 11 is 6.40. The number of carbonyl (C=O) groups excluding carboxylic acids is 1. The average Bonchev–Trinajstić information content (AvgIpc) is 3.33. The Balaban J connectivity index is 1.29. The van der Waals surface area contributed by atoms with Gasteiger partial charge in [0.05, 0.1) is 23.2 Å². The van der Waals surface area contributed by atoms with Gasteiger partial charge in [0, 0.05) is 37.6 Å². The van der Waals surface area contributed by atoms with Crippen LogP contribution >= 0.6 is 11.6 Å². The number of aromatic nitrogens is 3. The first-order valence-electron chi connectivity index (χ1n) is 12.0. The molecule has 3 heterocycles. The van der Waals surface area contributed by atoms with Gasteiger partial charge in [-0.3, -0.25) is 4.79 Å². The van der Waals surface area contributed by atoms with Crippen molar-refractivity contribution in [3.05, 3.63) is 77.6 Å². The van der Waals surface area contributed by atoms with E-state index in [1.54, 1.807) is 6.20 Å². The molecule has 1 fully saturated rings. The van der Waals surface area contributed by atoms with Crippen molar-refractivity contribution in [2.45, 2.75) is 26.3 Å². The zero-order chi connectivity index (χ0) is 24.2. The Hall–Kier alpha value is -3.58. The molecule has 0 aliphatic carbocycles. The molecule has 8 heteroatoms. The highest BCUT2D eigenvalue weighted by Crippen LogP contribution is 2.31. The Morgan fingerprint density at radius 1 is 1.20 bits per heavy atom. The summed E-state index contributed by atoms with van der Waals surface area (Å²) in [5.41, 5.74) is 3.63. The lowest BCUT2D eigenvalue weighted by molar-refractivity contribution is -0.125. The molecular formula is C27H28ClN5O2. The quantitative estimate of drug-likeness (QED) is 0.396. The van der Waals surface area contributed by atoms with Gasteiger partial charge >= 0.3 is 0 Å². The largest absolute Gasteiger partial charge is 0.494 e. The molecule has 0 unspecified atom stereocenters.